The van der Waals surface area contributed by atoms with Crippen molar-refractivity contribution in [2.75, 3.05) is 12.4 Å². The summed E-state index contributed by atoms with van der Waals surface area (Å²) in [5.41, 5.74) is 3.17. The molecule has 0 atom stereocenters. The van der Waals surface area contributed by atoms with Crippen molar-refractivity contribution in [1.82, 2.24) is 14.9 Å². The van der Waals surface area contributed by atoms with Crippen LogP contribution >= 0.6 is 11.8 Å². The Morgan fingerprint density at radius 1 is 1.31 bits per heavy atom. The van der Waals surface area contributed by atoms with E-state index in [0.29, 0.717) is 17.2 Å². The number of nitro benzene ring substituents is 1. The van der Waals surface area contributed by atoms with E-state index in [1.54, 1.807) is 13.2 Å². The van der Waals surface area contributed by atoms with Crippen LogP contribution < -0.4 is 15.4 Å². The van der Waals surface area contributed by atoms with Gasteiger partial charge in [0.1, 0.15) is 5.75 Å². The molecule has 32 heavy (non-hydrogen) atoms. The summed E-state index contributed by atoms with van der Waals surface area (Å²) in [6, 6.07) is 10.5. The molecule has 10 heteroatoms. The lowest BCUT2D eigenvalue weighted by Crippen LogP contribution is -2.30. The van der Waals surface area contributed by atoms with Crippen LogP contribution in [0.3, 0.4) is 0 Å². The maximum Gasteiger partial charge on any atom is 0.319 e. The van der Waals surface area contributed by atoms with E-state index < -0.39 is 4.92 Å². The molecule has 0 unspecified atom stereocenters. The second-order valence-electron chi connectivity index (χ2n) is 7.98. The number of benzene rings is 2. The van der Waals surface area contributed by atoms with Crippen LogP contribution in [0.15, 0.2) is 41.6 Å². The van der Waals surface area contributed by atoms with Gasteiger partial charge in [-0.2, -0.15) is 0 Å². The summed E-state index contributed by atoms with van der Waals surface area (Å²) < 4.78 is 7.50. The average molecular weight is 456 g/mol. The van der Waals surface area contributed by atoms with Gasteiger partial charge in [0.15, 0.2) is 5.16 Å². The summed E-state index contributed by atoms with van der Waals surface area (Å²) in [5.74, 6) is 1.07. The molecule has 3 aromatic rings. The molecular weight excluding hydrogens is 430 g/mol. The summed E-state index contributed by atoms with van der Waals surface area (Å²) in [6.45, 7) is 4.16. The Hall–Kier alpha value is -3.27. The van der Waals surface area contributed by atoms with Crippen molar-refractivity contribution in [3.63, 3.8) is 0 Å². The molecule has 2 N–H and O–H groups in total. The molecular formula is C22H25N5O4S. The lowest BCUT2D eigenvalue weighted by Gasteiger charge is -2.13. The number of aromatic nitrogens is 2. The summed E-state index contributed by atoms with van der Waals surface area (Å²) in [6.07, 6.45) is 2.06. The molecule has 0 radical (unpaired) electrons. The smallest absolute Gasteiger partial charge is 0.319 e. The Bertz CT molecular complexity index is 1170. The molecule has 1 aromatic heterocycles. The number of hydrogen-bond donors (Lipinski definition) is 2. The number of non-ortho nitro benzene ring substituents is 1. The van der Waals surface area contributed by atoms with Gasteiger partial charge in [0.2, 0.25) is 0 Å². The molecule has 168 valence electrons. The molecule has 1 aliphatic carbocycles. The minimum atomic E-state index is -0.412. The van der Waals surface area contributed by atoms with Crippen LogP contribution in [0.5, 0.6) is 5.75 Å². The molecule has 0 aliphatic heterocycles. The van der Waals surface area contributed by atoms with E-state index in [4.69, 9.17) is 9.72 Å². The van der Waals surface area contributed by atoms with Crippen LogP contribution in [-0.2, 0) is 5.75 Å². The van der Waals surface area contributed by atoms with Gasteiger partial charge in [0.25, 0.3) is 5.69 Å². The fourth-order valence-corrected chi connectivity index (χ4v) is 4.59. The average Bonchev–Trinajstić information content (AvgIpc) is 3.48. The third-order valence-electron chi connectivity index (χ3n) is 5.18. The highest BCUT2D eigenvalue weighted by Crippen LogP contribution is 2.34. The second kappa shape index (κ2) is 9.07. The number of thioether (sulfide) groups is 1. The molecule has 0 bridgehead atoms. The molecule has 2 amide bonds. The van der Waals surface area contributed by atoms with Gasteiger partial charge in [-0.1, -0.05) is 11.8 Å². The van der Waals surface area contributed by atoms with Crippen molar-refractivity contribution >= 4 is 40.2 Å². The number of imidazole rings is 1. The monoisotopic (exact) mass is 455 g/mol. The second-order valence-corrected chi connectivity index (χ2v) is 8.92. The number of urea groups is 1. The predicted molar refractivity (Wildman–Crippen MR) is 125 cm³/mol. The number of nitrogens with one attached hydrogen (secondary N) is 2. The van der Waals surface area contributed by atoms with E-state index >= 15 is 0 Å². The zero-order valence-electron chi connectivity index (χ0n) is 18.1. The SMILES string of the molecule is COc1ccc([N+](=O)[O-])cc1CSc1nc2cc(NC(=O)NC3CC3)ccc2n1C(C)C. The number of hydrogen-bond acceptors (Lipinski definition) is 6. The number of fused-ring (bicyclic) bond motifs is 1. The van der Waals surface area contributed by atoms with Crippen LogP contribution in [-0.4, -0.2) is 33.7 Å². The number of carbonyl (C=O) groups is 1. The summed E-state index contributed by atoms with van der Waals surface area (Å²) in [7, 11) is 1.55. The Morgan fingerprint density at radius 3 is 2.75 bits per heavy atom. The molecule has 1 heterocycles. The first-order valence-corrected chi connectivity index (χ1v) is 11.4. The number of methoxy groups -OCH3 is 1. The van der Waals surface area contributed by atoms with Crippen molar-refractivity contribution in [3.05, 3.63) is 52.1 Å². The normalized spacial score (nSPS) is 13.4. The molecule has 1 saturated carbocycles. The molecule has 0 spiro atoms. The van der Waals surface area contributed by atoms with Crippen LogP contribution in [0.4, 0.5) is 16.2 Å². The topological polar surface area (TPSA) is 111 Å². The first kappa shape index (κ1) is 21.9. The minimum absolute atomic E-state index is 0.0268. The van der Waals surface area contributed by atoms with Gasteiger partial charge in [-0.25, -0.2) is 9.78 Å². The Kier molecular flexibility index (Phi) is 6.22. The number of anilines is 1. The highest BCUT2D eigenvalue weighted by atomic mass is 32.2. The van der Waals surface area contributed by atoms with Gasteiger partial charge in [-0.05, 0) is 51.0 Å². The van der Waals surface area contributed by atoms with Gasteiger partial charge in [-0.3, -0.25) is 10.1 Å². The van der Waals surface area contributed by atoms with Crippen LogP contribution in [0.25, 0.3) is 11.0 Å². The fourth-order valence-electron chi connectivity index (χ4n) is 3.47. The van der Waals surface area contributed by atoms with Crippen LogP contribution in [0.1, 0.15) is 38.3 Å². The van der Waals surface area contributed by atoms with Crippen molar-refractivity contribution in [1.29, 1.82) is 0 Å². The van der Waals surface area contributed by atoms with Crippen LogP contribution in [0, 0.1) is 10.1 Å². The van der Waals surface area contributed by atoms with Crippen molar-refractivity contribution in [2.24, 2.45) is 0 Å². The number of nitro groups is 1. The van der Waals surface area contributed by atoms with E-state index in [-0.39, 0.29) is 23.8 Å². The van der Waals surface area contributed by atoms with E-state index in [1.807, 2.05) is 18.2 Å². The standard InChI is InChI=1S/C22H25N5O4S/c1-13(2)26-19-8-6-16(24-21(28)23-15-4-5-15)11-18(19)25-22(26)32-12-14-10-17(27(29)30)7-9-20(14)31-3/h6-11,13,15H,4-5,12H2,1-3H3,(H2,23,24,28). The van der Waals surface area contributed by atoms with Crippen molar-refractivity contribution < 1.29 is 14.5 Å². The van der Waals surface area contributed by atoms with Crippen LogP contribution in [0.2, 0.25) is 0 Å². The maximum atomic E-state index is 12.1. The number of amides is 2. The molecule has 0 saturated heterocycles. The van der Waals surface area contributed by atoms with Gasteiger partial charge in [0, 0.05) is 41.2 Å². The lowest BCUT2D eigenvalue weighted by atomic mass is 10.2. The zero-order chi connectivity index (χ0) is 22.8. The van der Waals surface area contributed by atoms with E-state index in [0.717, 1.165) is 34.6 Å². The van der Waals surface area contributed by atoms with Crippen molar-refractivity contribution in [2.45, 2.75) is 49.7 Å². The summed E-state index contributed by atoms with van der Waals surface area (Å²) >= 11 is 1.49. The van der Waals surface area contributed by atoms with Gasteiger partial charge >= 0.3 is 6.03 Å². The molecule has 1 aliphatic rings. The lowest BCUT2D eigenvalue weighted by molar-refractivity contribution is -0.384. The number of nitrogens with zero attached hydrogens (tertiary/aromatic N) is 3. The Morgan fingerprint density at radius 2 is 2.09 bits per heavy atom. The van der Waals surface area contributed by atoms with Gasteiger partial charge in [0.05, 0.1) is 23.1 Å². The Balaban J connectivity index is 1.59. The largest absolute Gasteiger partial charge is 0.496 e. The number of ether oxygens (including phenoxy) is 1. The highest BCUT2D eigenvalue weighted by Gasteiger charge is 2.23. The molecule has 9 nitrogen and oxygen atoms in total. The molecule has 1 fully saturated rings. The molecule has 2 aromatic carbocycles. The van der Waals surface area contributed by atoms with E-state index in [1.165, 1.54) is 23.9 Å². The zero-order valence-corrected chi connectivity index (χ0v) is 18.9. The third-order valence-corrected chi connectivity index (χ3v) is 6.18. The van der Waals surface area contributed by atoms with E-state index in [9.17, 15) is 14.9 Å². The summed E-state index contributed by atoms with van der Waals surface area (Å²) in [5, 5.41) is 17.7. The third kappa shape index (κ3) is 4.80. The molecule has 4 rings (SSSR count). The highest BCUT2D eigenvalue weighted by molar-refractivity contribution is 7.98. The maximum absolute atomic E-state index is 12.1. The van der Waals surface area contributed by atoms with E-state index in [2.05, 4.69) is 29.0 Å². The first-order valence-electron chi connectivity index (χ1n) is 10.4. The predicted octanol–water partition coefficient (Wildman–Crippen LogP) is 5.11. The fraction of sp³-hybridized carbons (Fsp3) is 0.364. The minimum Gasteiger partial charge on any atom is -0.496 e. The number of carbonyl (C=O) groups excluding carboxylic acids is 1. The first-order chi connectivity index (χ1) is 15.4. The van der Waals surface area contributed by atoms with Gasteiger partial charge in [-0.15, -0.1) is 0 Å². The quantitative estimate of drug-likeness (QED) is 0.277. The van der Waals surface area contributed by atoms with Crippen molar-refractivity contribution in [3.8, 4) is 5.75 Å². The van der Waals surface area contributed by atoms with Gasteiger partial charge < -0.3 is 19.9 Å². The summed E-state index contributed by atoms with van der Waals surface area (Å²) in [4.78, 5) is 27.6. The number of rotatable bonds is 8. The Labute approximate surface area is 189 Å².